The van der Waals surface area contributed by atoms with Gasteiger partial charge in [0.1, 0.15) is 11.9 Å². The van der Waals surface area contributed by atoms with Crippen LogP contribution in [0.1, 0.15) is 21.7 Å². The lowest BCUT2D eigenvalue weighted by Crippen LogP contribution is -2.45. The first-order valence-electron chi connectivity index (χ1n) is 8.41. The van der Waals surface area contributed by atoms with Gasteiger partial charge in [0.15, 0.2) is 17.2 Å². The van der Waals surface area contributed by atoms with Crippen molar-refractivity contribution in [3.05, 3.63) is 35.4 Å². The number of rotatable bonds is 5. The molecular weight excluding hydrogens is 393 g/mol. The number of carbonyl (C=O) groups excluding carboxylic acids is 1. The van der Waals surface area contributed by atoms with Crippen LogP contribution in [0.5, 0.6) is 0 Å². The molecule has 152 valence electrons. The molecule has 1 atom stereocenters. The van der Waals surface area contributed by atoms with E-state index in [-0.39, 0.29) is 30.0 Å². The van der Waals surface area contributed by atoms with E-state index in [4.69, 9.17) is 10.00 Å². The fourth-order valence-corrected chi connectivity index (χ4v) is 2.47. The summed E-state index contributed by atoms with van der Waals surface area (Å²) in [5, 5.41) is 23.4. The fourth-order valence-electron chi connectivity index (χ4n) is 2.47. The molecule has 3 heterocycles. The Morgan fingerprint density at radius 2 is 2.14 bits per heavy atom. The molecular formula is C16H15F3N8O2. The van der Waals surface area contributed by atoms with Gasteiger partial charge in [0.25, 0.3) is 5.91 Å². The van der Waals surface area contributed by atoms with Gasteiger partial charge >= 0.3 is 6.18 Å². The van der Waals surface area contributed by atoms with E-state index in [0.29, 0.717) is 19.7 Å². The number of anilines is 2. The Balaban J connectivity index is 1.79. The lowest BCUT2D eigenvalue weighted by Gasteiger charge is -2.24. The predicted octanol–water partition coefficient (Wildman–Crippen LogP) is 0.619. The van der Waals surface area contributed by atoms with E-state index < -0.39 is 23.3 Å². The molecule has 0 radical (unpaired) electrons. The van der Waals surface area contributed by atoms with E-state index in [2.05, 4.69) is 36.1 Å². The number of nitriles is 1. The number of aromatic nitrogens is 4. The third-order valence-corrected chi connectivity index (χ3v) is 3.82. The fraction of sp³-hybridized carbons (Fsp3) is 0.375. The molecule has 0 bridgehead atoms. The van der Waals surface area contributed by atoms with Crippen molar-refractivity contribution >= 4 is 17.5 Å². The van der Waals surface area contributed by atoms with Gasteiger partial charge in [-0.3, -0.25) is 4.79 Å². The zero-order chi connectivity index (χ0) is 20.9. The van der Waals surface area contributed by atoms with Gasteiger partial charge in [0, 0.05) is 19.6 Å². The first kappa shape index (κ1) is 20.4. The van der Waals surface area contributed by atoms with Gasteiger partial charge in [-0.05, 0) is 6.07 Å². The van der Waals surface area contributed by atoms with Crippen LogP contribution >= 0.6 is 0 Å². The molecule has 3 N–H and O–H groups in total. The molecule has 1 unspecified atom stereocenters. The van der Waals surface area contributed by atoms with Gasteiger partial charge in [0.2, 0.25) is 0 Å². The molecule has 2 aromatic heterocycles. The van der Waals surface area contributed by atoms with Gasteiger partial charge < -0.3 is 20.7 Å². The van der Waals surface area contributed by atoms with Gasteiger partial charge in [-0.25, -0.2) is 9.97 Å². The third-order valence-electron chi connectivity index (χ3n) is 3.82. The Hall–Kier alpha value is -3.37. The number of nitrogens with zero attached hydrogens (tertiary/aromatic N) is 5. The first-order valence-corrected chi connectivity index (χ1v) is 8.41. The Kier molecular flexibility index (Phi) is 6.15. The summed E-state index contributed by atoms with van der Waals surface area (Å²) >= 11 is 0. The minimum atomic E-state index is -4.87. The number of carbonyl (C=O) groups is 1. The molecule has 0 aliphatic carbocycles. The Morgan fingerprint density at radius 1 is 1.31 bits per heavy atom. The van der Waals surface area contributed by atoms with Crippen LogP contribution in [0.4, 0.5) is 24.8 Å². The monoisotopic (exact) mass is 408 g/mol. The van der Waals surface area contributed by atoms with E-state index in [0.717, 1.165) is 6.07 Å². The minimum absolute atomic E-state index is 0.0370. The minimum Gasteiger partial charge on any atom is -0.374 e. The van der Waals surface area contributed by atoms with E-state index in [1.807, 2.05) is 0 Å². The summed E-state index contributed by atoms with van der Waals surface area (Å²) in [5.74, 6) is -0.987. The molecule has 3 rings (SSSR count). The standard InChI is InChI=1S/C16H15F3N8O2/c17-16(18,19)14-11(15(28)24-7-10-6-21-1-2-29-10)3-12(26-27-14)25-13-8-22-9(4-20)5-23-13/h3,5,8,10,21H,1-2,6-7H2,(H,24,28)(H,23,25,26). The summed E-state index contributed by atoms with van der Waals surface area (Å²) in [5.41, 5.74) is -2.04. The van der Waals surface area contributed by atoms with Crippen molar-refractivity contribution in [2.75, 3.05) is 31.6 Å². The summed E-state index contributed by atoms with van der Waals surface area (Å²) in [7, 11) is 0. The highest BCUT2D eigenvalue weighted by atomic mass is 19.4. The van der Waals surface area contributed by atoms with Crippen molar-refractivity contribution in [3.63, 3.8) is 0 Å². The van der Waals surface area contributed by atoms with Crippen molar-refractivity contribution in [2.24, 2.45) is 0 Å². The molecule has 0 saturated carbocycles. The summed E-state index contributed by atoms with van der Waals surface area (Å²) < 4.78 is 45.2. The van der Waals surface area contributed by atoms with Crippen LogP contribution in [-0.4, -0.2) is 58.4 Å². The maximum Gasteiger partial charge on any atom is 0.435 e. The summed E-state index contributed by atoms with van der Waals surface area (Å²) in [4.78, 5) is 20.0. The van der Waals surface area contributed by atoms with Crippen molar-refractivity contribution in [3.8, 4) is 6.07 Å². The zero-order valence-corrected chi connectivity index (χ0v) is 14.8. The molecule has 1 fully saturated rings. The van der Waals surface area contributed by atoms with Gasteiger partial charge in [-0.15, -0.1) is 10.2 Å². The molecule has 13 heteroatoms. The largest absolute Gasteiger partial charge is 0.435 e. The molecule has 0 aromatic carbocycles. The van der Waals surface area contributed by atoms with Crippen LogP contribution in [0.2, 0.25) is 0 Å². The second-order valence-corrected chi connectivity index (χ2v) is 5.92. The lowest BCUT2D eigenvalue weighted by atomic mass is 10.1. The van der Waals surface area contributed by atoms with Crippen LogP contribution in [0.15, 0.2) is 18.5 Å². The quantitative estimate of drug-likeness (QED) is 0.650. The molecule has 1 aliphatic heterocycles. The molecule has 2 aromatic rings. The van der Waals surface area contributed by atoms with Crippen molar-refractivity contribution in [1.82, 2.24) is 30.8 Å². The second-order valence-electron chi connectivity index (χ2n) is 5.92. The predicted molar refractivity (Wildman–Crippen MR) is 92.0 cm³/mol. The van der Waals surface area contributed by atoms with Crippen LogP contribution in [-0.2, 0) is 10.9 Å². The Labute approximate surface area is 162 Å². The number of halogens is 3. The van der Waals surface area contributed by atoms with E-state index in [1.165, 1.54) is 12.4 Å². The van der Waals surface area contributed by atoms with Gasteiger partial charge in [0.05, 0.1) is 30.7 Å². The number of alkyl halides is 3. The highest BCUT2D eigenvalue weighted by molar-refractivity contribution is 5.96. The van der Waals surface area contributed by atoms with Gasteiger partial charge in [-0.1, -0.05) is 0 Å². The third kappa shape index (κ3) is 5.33. The number of amides is 1. The first-order chi connectivity index (χ1) is 13.9. The molecule has 1 aliphatic rings. The van der Waals surface area contributed by atoms with Crippen molar-refractivity contribution in [2.45, 2.75) is 12.3 Å². The van der Waals surface area contributed by atoms with Crippen molar-refractivity contribution < 1.29 is 22.7 Å². The second kappa shape index (κ2) is 8.76. The molecule has 0 spiro atoms. The number of hydrogen-bond donors (Lipinski definition) is 3. The van der Waals surface area contributed by atoms with Crippen molar-refractivity contribution in [1.29, 1.82) is 5.26 Å². The average molecular weight is 408 g/mol. The Morgan fingerprint density at radius 3 is 2.76 bits per heavy atom. The normalized spacial score (nSPS) is 16.7. The van der Waals surface area contributed by atoms with Crippen LogP contribution in [0, 0.1) is 11.3 Å². The average Bonchev–Trinajstić information content (AvgIpc) is 2.72. The van der Waals surface area contributed by atoms with E-state index >= 15 is 0 Å². The highest BCUT2D eigenvalue weighted by Crippen LogP contribution is 2.31. The Bertz CT molecular complexity index is 908. The number of morpholine rings is 1. The summed E-state index contributed by atoms with van der Waals surface area (Å²) in [6.45, 7) is 1.63. The van der Waals surface area contributed by atoms with Crippen LogP contribution in [0.3, 0.4) is 0 Å². The number of nitrogens with one attached hydrogen (secondary N) is 3. The van der Waals surface area contributed by atoms with Crippen LogP contribution in [0.25, 0.3) is 0 Å². The summed E-state index contributed by atoms with van der Waals surface area (Å²) in [6.07, 6.45) is -2.84. The van der Waals surface area contributed by atoms with Gasteiger partial charge in [-0.2, -0.15) is 18.4 Å². The summed E-state index contributed by atoms with van der Waals surface area (Å²) in [6, 6.07) is 2.71. The van der Waals surface area contributed by atoms with E-state index in [9.17, 15) is 18.0 Å². The molecule has 1 saturated heterocycles. The SMILES string of the molecule is N#Cc1cnc(Nc2cc(C(=O)NCC3CNCCO3)c(C(F)(F)F)nn2)cn1. The lowest BCUT2D eigenvalue weighted by molar-refractivity contribution is -0.142. The topological polar surface area (TPSA) is 138 Å². The van der Waals surface area contributed by atoms with E-state index in [1.54, 1.807) is 6.07 Å². The smallest absolute Gasteiger partial charge is 0.374 e. The maximum absolute atomic E-state index is 13.3. The number of ether oxygens (including phenoxy) is 1. The number of hydrogen-bond acceptors (Lipinski definition) is 9. The maximum atomic E-state index is 13.3. The zero-order valence-electron chi connectivity index (χ0n) is 14.8. The van der Waals surface area contributed by atoms with Crippen LogP contribution < -0.4 is 16.0 Å². The molecule has 1 amide bonds. The molecule has 29 heavy (non-hydrogen) atoms. The highest BCUT2D eigenvalue weighted by Gasteiger charge is 2.38. The molecule has 10 nitrogen and oxygen atoms in total.